The zero-order valence-electron chi connectivity index (χ0n) is 19.9. The van der Waals surface area contributed by atoms with Crippen LogP contribution in [0.25, 0.3) is 22.0 Å². The molecule has 1 aliphatic heterocycles. The Morgan fingerprint density at radius 3 is 2.69 bits per heavy atom. The van der Waals surface area contributed by atoms with Crippen LogP contribution < -0.4 is 19.9 Å². The molecule has 0 saturated carbocycles. The summed E-state index contributed by atoms with van der Waals surface area (Å²) < 4.78 is 7.97. The zero-order chi connectivity index (χ0) is 24.5. The lowest BCUT2D eigenvalue weighted by Gasteiger charge is -2.32. The number of H-pyrrole nitrogens is 1. The minimum Gasteiger partial charge on any atom is -0.493 e. The SMILES string of the molecule is CCCCOc1ccc2ccccc2c1C1N(C(C)=O)c2ccccc2-c2c(=O)[nH]c(SC)n[n+]21. The van der Waals surface area contributed by atoms with Crippen LogP contribution in [0.2, 0.25) is 0 Å². The number of amides is 1. The Hall–Kier alpha value is -3.65. The molecule has 0 radical (unpaired) electrons. The van der Waals surface area contributed by atoms with E-state index < -0.39 is 6.17 Å². The Balaban J connectivity index is 1.88. The average molecular weight is 488 g/mol. The van der Waals surface area contributed by atoms with Crippen molar-refractivity contribution in [3.8, 4) is 17.0 Å². The number of aromatic amines is 1. The predicted octanol–water partition coefficient (Wildman–Crippen LogP) is 4.69. The number of hydrogen-bond donors (Lipinski definition) is 1. The van der Waals surface area contributed by atoms with Gasteiger partial charge in [0.25, 0.3) is 6.17 Å². The van der Waals surface area contributed by atoms with Gasteiger partial charge in [0.2, 0.25) is 11.1 Å². The second-order valence-corrected chi connectivity index (χ2v) is 9.23. The van der Waals surface area contributed by atoms with E-state index in [1.54, 1.807) is 16.5 Å². The van der Waals surface area contributed by atoms with Gasteiger partial charge in [-0.15, -0.1) is 0 Å². The molecule has 0 spiro atoms. The molecule has 4 aromatic rings. The van der Waals surface area contributed by atoms with Crippen LogP contribution in [0, 0.1) is 0 Å². The van der Waals surface area contributed by atoms with Crippen LogP contribution in [0.5, 0.6) is 5.75 Å². The van der Waals surface area contributed by atoms with Crippen LogP contribution in [-0.2, 0) is 4.79 Å². The highest BCUT2D eigenvalue weighted by Crippen LogP contribution is 2.42. The van der Waals surface area contributed by atoms with Crippen molar-refractivity contribution in [3.05, 3.63) is 76.6 Å². The molecule has 1 unspecified atom stereocenters. The van der Waals surface area contributed by atoms with Crippen LogP contribution in [0.4, 0.5) is 5.69 Å². The standard InChI is InChI=1S/C27H26N4O3S/c1-4-5-16-34-22-15-14-18-10-6-7-11-19(18)23(22)26-30(17(2)32)21-13-9-8-12-20(21)24-25(33)28-27(35-3)29-31(24)26/h6-15,26H,4-5,16H2,1-3H3/p+1. The van der Waals surface area contributed by atoms with Crippen molar-refractivity contribution in [2.45, 2.75) is 38.0 Å². The van der Waals surface area contributed by atoms with E-state index in [9.17, 15) is 9.59 Å². The van der Waals surface area contributed by atoms with Crippen LogP contribution in [-0.4, -0.2) is 28.9 Å². The Labute approximate surface area is 207 Å². The molecule has 0 saturated heterocycles. The maximum atomic E-state index is 13.4. The smallest absolute Gasteiger partial charge is 0.325 e. The number of nitrogens with one attached hydrogen (secondary N) is 1. The van der Waals surface area contributed by atoms with Gasteiger partial charge >= 0.3 is 11.3 Å². The van der Waals surface area contributed by atoms with Gasteiger partial charge in [-0.25, -0.2) is 4.90 Å². The van der Waals surface area contributed by atoms with E-state index in [1.807, 2.05) is 66.9 Å². The summed E-state index contributed by atoms with van der Waals surface area (Å²) in [4.78, 5) is 31.2. The molecule has 3 aromatic carbocycles. The van der Waals surface area contributed by atoms with Gasteiger partial charge in [-0.05, 0) is 46.3 Å². The highest BCUT2D eigenvalue weighted by Gasteiger charge is 2.46. The van der Waals surface area contributed by atoms with E-state index in [0.717, 1.165) is 29.2 Å². The van der Waals surface area contributed by atoms with Gasteiger partial charge in [-0.3, -0.25) is 14.6 Å². The van der Waals surface area contributed by atoms with Gasteiger partial charge in [-0.2, -0.15) is 0 Å². The fraction of sp³-hybridized carbons (Fsp3) is 0.259. The topological polar surface area (TPSA) is 79.2 Å². The van der Waals surface area contributed by atoms with Crippen molar-refractivity contribution >= 4 is 34.1 Å². The second-order valence-electron chi connectivity index (χ2n) is 8.44. The fourth-order valence-electron chi connectivity index (χ4n) is 4.66. The van der Waals surface area contributed by atoms with Gasteiger partial charge in [0.05, 0.1) is 23.4 Å². The number of nitrogens with zero attached hydrogens (tertiary/aromatic N) is 3. The predicted molar refractivity (Wildman–Crippen MR) is 138 cm³/mol. The van der Waals surface area contributed by atoms with E-state index in [-0.39, 0.29) is 11.5 Å². The summed E-state index contributed by atoms with van der Waals surface area (Å²) in [7, 11) is 0. The minimum atomic E-state index is -0.701. The first-order chi connectivity index (χ1) is 17.0. The number of carbonyl (C=O) groups excluding carboxylic acids is 1. The molecular weight excluding hydrogens is 460 g/mol. The van der Waals surface area contributed by atoms with Gasteiger partial charge in [0.1, 0.15) is 5.75 Å². The number of aromatic nitrogens is 3. The molecule has 1 N–H and O–H groups in total. The minimum absolute atomic E-state index is 0.152. The van der Waals surface area contributed by atoms with Crippen LogP contribution in [0.1, 0.15) is 38.4 Å². The molecule has 0 fully saturated rings. The van der Waals surface area contributed by atoms with Gasteiger partial charge in [0, 0.05) is 12.0 Å². The summed E-state index contributed by atoms with van der Waals surface area (Å²) in [5.41, 5.74) is 2.29. The number of rotatable bonds is 6. The largest absolute Gasteiger partial charge is 0.493 e. The lowest BCUT2D eigenvalue weighted by atomic mass is 9.96. The Morgan fingerprint density at radius 2 is 1.91 bits per heavy atom. The number of hydrogen-bond acceptors (Lipinski definition) is 5. The number of thioether (sulfide) groups is 1. The van der Waals surface area contributed by atoms with Crippen LogP contribution >= 0.6 is 11.8 Å². The molecule has 1 aliphatic rings. The summed E-state index contributed by atoms with van der Waals surface area (Å²) in [6.45, 7) is 4.22. The van der Waals surface area contributed by atoms with E-state index in [1.165, 1.54) is 11.8 Å². The van der Waals surface area contributed by atoms with Gasteiger partial charge in [-0.1, -0.05) is 67.6 Å². The lowest BCUT2D eigenvalue weighted by Crippen LogP contribution is -2.60. The molecule has 0 aliphatic carbocycles. The number of carbonyl (C=O) groups is 1. The van der Waals surface area contributed by atoms with E-state index in [2.05, 4.69) is 11.9 Å². The van der Waals surface area contributed by atoms with Crippen molar-refractivity contribution in [2.75, 3.05) is 17.8 Å². The van der Waals surface area contributed by atoms with E-state index in [0.29, 0.717) is 34.5 Å². The summed E-state index contributed by atoms with van der Waals surface area (Å²) in [6.07, 6.45) is 3.07. The summed E-state index contributed by atoms with van der Waals surface area (Å²) >= 11 is 1.35. The molecule has 178 valence electrons. The Kier molecular flexibility index (Phi) is 6.30. The van der Waals surface area contributed by atoms with Gasteiger partial charge in [0.15, 0.2) is 0 Å². The molecule has 1 amide bonds. The van der Waals surface area contributed by atoms with Crippen molar-refractivity contribution in [3.63, 3.8) is 0 Å². The monoisotopic (exact) mass is 487 g/mol. The molecule has 7 nitrogen and oxygen atoms in total. The first-order valence-electron chi connectivity index (χ1n) is 11.7. The molecule has 1 atom stereocenters. The second kappa shape index (κ2) is 9.54. The maximum absolute atomic E-state index is 13.4. The number of benzene rings is 3. The first-order valence-corrected chi connectivity index (χ1v) is 12.9. The third-order valence-electron chi connectivity index (χ3n) is 6.24. The lowest BCUT2D eigenvalue weighted by molar-refractivity contribution is -0.763. The van der Waals surface area contributed by atoms with Crippen molar-refractivity contribution in [1.82, 2.24) is 10.1 Å². The first kappa shape index (κ1) is 23.1. The van der Waals surface area contributed by atoms with Crippen molar-refractivity contribution < 1.29 is 14.2 Å². The fourth-order valence-corrected chi connectivity index (χ4v) is 5.02. The number of ether oxygens (including phenoxy) is 1. The highest BCUT2D eigenvalue weighted by molar-refractivity contribution is 7.98. The van der Waals surface area contributed by atoms with E-state index >= 15 is 0 Å². The molecule has 8 heteroatoms. The Bertz CT molecular complexity index is 1480. The summed E-state index contributed by atoms with van der Waals surface area (Å²) in [5, 5.41) is 7.24. The Morgan fingerprint density at radius 1 is 1.14 bits per heavy atom. The molecule has 2 heterocycles. The molecular formula is C27H27N4O3S+. The third-order valence-corrected chi connectivity index (χ3v) is 6.81. The number of fused-ring (bicyclic) bond motifs is 4. The molecule has 5 rings (SSSR count). The van der Waals surface area contributed by atoms with Crippen LogP contribution in [0.3, 0.4) is 0 Å². The van der Waals surface area contributed by atoms with Crippen LogP contribution in [0.15, 0.2) is 70.6 Å². The van der Waals surface area contributed by atoms with Crippen molar-refractivity contribution in [2.24, 2.45) is 0 Å². The highest BCUT2D eigenvalue weighted by atomic mass is 32.2. The van der Waals surface area contributed by atoms with E-state index in [4.69, 9.17) is 9.84 Å². The molecule has 35 heavy (non-hydrogen) atoms. The molecule has 1 aromatic heterocycles. The maximum Gasteiger partial charge on any atom is 0.325 e. The number of unbranched alkanes of at least 4 members (excludes halogenated alkanes) is 1. The third kappa shape index (κ3) is 3.97. The normalized spacial score (nSPS) is 14.5. The van der Waals surface area contributed by atoms with Gasteiger partial charge < -0.3 is 4.74 Å². The number of anilines is 1. The number of para-hydroxylation sites is 1. The summed E-state index contributed by atoms with van der Waals surface area (Å²) in [6, 6.07) is 19.5. The van der Waals surface area contributed by atoms with Crippen molar-refractivity contribution in [1.29, 1.82) is 0 Å². The zero-order valence-corrected chi connectivity index (χ0v) is 20.8. The average Bonchev–Trinajstić information content (AvgIpc) is 2.87. The molecule has 0 bridgehead atoms. The summed E-state index contributed by atoms with van der Waals surface area (Å²) in [5.74, 6) is 0.528. The quantitative estimate of drug-likeness (QED) is 0.242.